The molecule has 0 bridgehead atoms. The van der Waals surface area contributed by atoms with Crippen molar-refractivity contribution in [3.05, 3.63) is 297 Å². The fraction of sp³-hybridized carbons (Fsp3) is 0. The molecule has 3 nitrogen and oxygen atoms in total. The summed E-state index contributed by atoms with van der Waals surface area (Å²) in [5.74, 6) is 0. The molecule has 0 spiro atoms. The van der Waals surface area contributed by atoms with Crippen molar-refractivity contribution in [2.75, 3.05) is 4.90 Å². The maximum atomic E-state index is 2.45. The summed E-state index contributed by atoms with van der Waals surface area (Å²) in [5.41, 5.74) is 19.8. The number of aromatic nitrogens is 2. The van der Waals surface area contributed by atoms with E-state index in [1.54, 1.807) is 0 Å². The molecule has 0 fully saturated rings. The lowest BCUT2D eigenvalue weighted by molar-refractivity contribution is 1.19. The lowest BCUT2D eigenvalue weighted by atomic mass is 9.91. The molecule has 0 saturated heterocycles. The van der Waals surface area contributed by atoms with Gasteiger partial charge in [0.05, 0.1) is 22.1 Å². The molecule has 2 heterocycles. The minimum Gasteiger partial charge on any atom is -0.311 e. The van der Waals surface area contributed by atoms with Crippen LogP contribution in [0.25, 0.3) is 121 Å². The van der Waals surface area contributed by atoms with Gasteiger partial charge < -0.3 is 14.0 Å². The highest BCUT2D eigenvalue weighted by Crippen LogP contribution is 2.43. The van der Waals surface area contributed by atoms with Gasteiger partial charge in [0.25, 0.3) is 0 Å². The second-order valence-electron chi connectivity index (χ2n) is 20.1. The minimum atomic E-state index is 1.11. The Balaban J connectivity index is 0.884. The van der Waals surface area contributed by atoms with Gasteiger partial charge in [0.2, 0.25) is 0 Å². The summed E-state index contributed by atoms with van der Waals surface area (Å²) in [5, 5.41) is 9.89. The first-order chi connectivity index (χ1) is 38.2. The largest absolute Gasteiger partial charge is 0.311 e. The van der Waals surface area contributed by atoms with Crippen LogP contribution < -0.4 is 4.90 Å². The molecule has 15 aromatic rings. The van der Waals surface area contributed by atoms with Crippen molar-refractivity contribution in [1.29, 1.82) is 0 Å². The van der Waals surface area contributed by atoms with Crippen molar-refractivity contribution in [1.82, 2.24) is 9.13 Å². The highest BCUT2D eigenvalue weighted by atomic mass is 15.1. The van der Waals surface area contributed by atoms with Crippen LogP contribution in [0.1, 0.15) is 0 Å². The van der Waals surface area contributed by atoms with Crippen molar-refractivity contribution in [2.45, 2.75) is 0 Å². The predicted molar refractivity (Wildman–Crippen MR) is 327 cm³/mol. The van der Waals surface area contributed by atoms with E-state index < -0.39 is 0 Å². The molecule has 0 N–H and O–H groups in total. The van der Waals surface area contributed by atoms with Gasteiger partial charge >= 0.3 is 0 Å². The molecule has 0 radical (unpaired) electrons. The molecule has 3 heteroatoms. The average molecular weight is 980 g/mol. The molecule has 360 valence electrons. The fourth-order valence-corrected chi connectivity index (χ4v) is 12.0. The van der Waals surface area contributed by atoms with E-state index in [1.165, 1.54) is 98.5 Å². The van der Waals surface area contributed by atoms with Crippen LogP contribution in [0.2, 0.25) is 0 Å². The summed E-state index contributed by atoms with van der Waals surface area (Å²) in [7, 11) is 0. The molecular weight excluding hydrogens is 931 g/mol. The van der Waals surface area contributed by atoms with E-state index in [0.29, 0.717) is 0 Å². The predicted octanol–water partition coefficient (Wildman–Crippen LogP) is 20.3. The molecule has 0 saturated carbocycles. The molecule has 0 aliphatic heterocycles. The van der Waals surface area contributed by atoms with Crippen LogP contribution >= 0.6 is 0 Å². The van der Waals surface area contributed by atoms with E-state index >= 15 is 0 Å². The van der Waals surface area contributed by atoms with Crippen LogP contribution in [0, 0.1) is 0 Å². The molecule has 0 aliphatic carbocycles. The molecule has 0 unspecified atom stereocenters. The Bertz CT molecular complexity index is 4440. The molecule has 0 amide bonds. The number of fused-ring (bicyclic) bond motifs is 10. The standard InChI is InChI=1S/C74H49N3/c1-5-19-60(20-6-1)75(61-21-7-2-8-22-61)64-39-33-51(34-40-64)50-29-31-52(32-30-50)57-45-58(55-37-43-71-69(48-55)67-41-35-53-17-13-15-27-65(53)73(67)76(71)62-23-9-3-10-24-62)47-59(46-57)56-38-44-72-70(49-56)68-42-36-54-18-14-16-28-66(54)74(68)77(72)63-25-11-4-12-26-63/h1-49H. The summed E-state index contributed by atoms with van der Waals surface area (Å²) in [6.07, 6.45) is 0. The summed E-state index contributed by atoms with van der Waals surface area (Å²) >= 11 is 0. The van der Waals surface area contributed by atoms with Crippen LogP contribution in [0.15, 0.2) is 297 Å². The van der Waals surface area contributed by atoms with Crippen molar-refractivity contribution in [3.8, 4) is 55.9 Å². The highest BCUT2D eigenvalue weighted by molar-refractivity contribution is 6.20. The van der Waals surface area contributed by atoms with E-state index in [-0.39, 0.29) is 0 Å². The minimum absolute atomic E-state index is 1.11. The van der Waals surface area contributed by atoms with Gasteiger partial charge in [-0.2, -0.15) is 0 Å². The maximum absolute atomic E-state index is 2.45. The van der Waals surface area contributed by atoms with Crippen LogP contribution in [-0.2, 0) is 0 Å². The topological polar surface area (TPSA) is 13.1 Å². The first-order valence-electron chi connectivity index (χ1n) is 26.5. The molecule has 15 rings (SSSR count). The van der Waals surface area contributed by atoms with Gasteiger partial charge in [-0.25, -0.2) is 0 Å². The normalized spacial score (nSPS) is 11.6. The lowest BCUT2D eigenvalue weighted by Gasteiger charge is -2.25. The second kappa shape index (κ2) is 18.3. The Morgan fingerprint density at radius 2 is 0.545 bits per heavy atom. The molecule has 0 aliphatic rings. The van der Waals surface area contributed by atoms with Gasteiger partial charge in [0.1, 0.15) is 0 Å². The molecule has 2 aromatic heterocycles. The second-order valence-corrected chi connectivity index (χ2v) is 20.1. The van der Waals surface area contributed by atoms with Gasteiger partial charge in [-0.1, -0.05) is 194 Å². The summed E-state index contributed by atoms with van der Waals surface area (Å²) < 4.78 is 4.89. The van der Waals surface area contributed by atoms with Gasteiger partial charge in [0.15, 0.2) is 0 Å². The fourth-order valence-electron chi connectivity index (χ4n) is 12.0. The van der Waals surface area contributed by atoms with Crippen molar-refractivity contribution < 1.29 is 0 Å². The zero-order valence-electron chi connectivity index (χ0n) is 42.1. The molecule has 77 heavy (non-hydrogen) atoms. The van der Waals surface area contributed by atoms with E-state index in [4.69, 9.17) is 0 Å². The number of para-hydroxylation sites is 4. The van der Waals surface area contributed by atoms with E-state index in [9.17, 15) is 0 Å². The third-order valence-corrected chi connectivity index (χ3v) is 15.6. The number of benzene rings is 13. The number of nitrogens with zero attached hydrogens (tertiary/aromatic N) is 3. The van der Waals surface area contributed by atoms with E-state index in [2.05, 4.69) is 311 Å². The first kappa shape index (κ1) is 44.3. The van der Waals surface area contributed by atoms with Crippen molar-refractivity contribution in [3.63, 3.8) is 0 Å². The lowest BCUT2D eigenvalue weighted by Crippen LogP contribution is -2.09. The zero-order valence-corrected chi connectivity index (χ0v) is 42.1. The highest BCUT2D eigenvalue weighted by Gasteiger charge is 2.20. The van der Waals surface area contributed by atoms with Gasteiger partial charge in [-0.05, 0) is 158 Å². The van der Waals surface area contributed by atoms with Crippen LogP contribution in [-0.4, -0.2) is 9.13 Å². The van der Waals surface area contributed by atoms with Crippen LogP contribution in [0.4, 0.5) is 17.1 Å². The van der Waals surface area contributed by atoms with Gasteiger partial charge in [0, 0.05) is 60.8 Å². The first-order valence-corrected chi connectivity index (χ1v) is 26.5. The van der Waals surface area contributed by atoms with Gasteiger partial charge in [-0.3, -0.25) is 0 Å². The molecule has 13 aromatic carbocycles. The quantitative estimate of drug-likeness (QED) is 0.140. The van der Waals surface area contributed by atoms with Crippen LogP contribution in [0.3, 0.4) is 0 Å². The molecular formula is C74H49N3. The Morgan fingerprint density at radius 1 is 0.208 bits per heavy atom. The van der Waals surface area contributed by atoms with Crippen molar-refractivity contribution >= 4 is 82.2 Å². The Hall–Kier alpha value is -10.2. The smallest absolute Gasteiger partial charge is 0.0619 e. The summed E-state index contributed by atoms with van der Waals surface area (Å²) in [6, 6.07) is 109. The van der Waals surface area contributed by atoms with E-state index in [0.717, 1.165) is 39.6 Å². The molecule has 0 atom stereocenters. The monoisotopic (exact) mass is 979 g/mol. The number of hydrogen-bond donors (Lipinski definition) is 0. The number of rotatable bonds is 9. The Labute approximate surface area is 447 Å². The van der Waals surface area contributed by atoms with Gasteiger partial charge in [-0.15, -0.1) is 0 Å². The van der Waals surface area contributed by atoms with Crippen molar-refractivity contribution in [2.24, 2.45) is 0 Å². The Morgan fingerprint density at radius 3 is 0.987 bits per heavy atom. The third-order valence-electron chi connectivity index (χ3n) is 15.6. The van der Waals surface area contributed by atoms with Crippen LogP contribution in [0.5, 0.6) is 0 Å². The zero-order chi connectivity index (χ0) is 50.8. The Kier molecular flexibility index (Phi) is 10.5. The summed E-state index contributed by atoms with van der Waals surface area (Å²) in [4.78, 5) is 2.31. The maximum Gasteiger partial charge on any atom is 0.0619 e. The van der Waals surface area contributed by atoms with E-state index in [1.807, 2.05) is 0 Å². The SMILES string of the molecule is c1ccc(N(c2ccccc2)c2ccc(-c3ccc(-c4cc(-c5ccc6c(c5)c5ccc7ccccc7c5n6-c5ccccc5)cc(-c5ccc6c(c5)c5ccc7ccccc7c5n6-c5ccccc5)c4)cc3)cc2)cc1. The average Bonchev–Trinajstić information content (AvgIpc) is 4.28. The summed E-state index contributed by atoms with van der Waals surface area (Å²) in [6.45, 7) is 0. The number of anilines is 3. The third kappa shape index (κ3) is 7.59. The number of hydrogen-bond acceptors (Lipinski definition) is 1.